The highest BCUT2D eigenvalue weighted by molar-refractivity contribution is 5.98. The van der Waals surface area contributed by atoms with Gasteiger partial charge in [-0.15, -0.1) is 0 Å². The zero-order chi connectivity index (χ0) is 13.2. The van der Waals surface area contributed by atoms with Crippen LogP contribution in [0.1, 0.15) is 43.2 Å². The molecule has 2 atom stereocenters. The van der Waals surface area contributed by atoms with Crippen molar-refractivity contribution in [2.75, 3.05) is 13.7 Å². The molecule has 0 heterocycles. The Morgan fingerprint density at radius 3 is 2.61 bits per heavy atom. The Kier molecular flexibility index (Phi) is 3.83. The predicted octanol–water partition coefficient (Wildman–Crippen LogP) is 2.08. The van der Waals surface area contributed by atoms with Crippen LogP contribution < -0.4 is 5.73 Å². The monoisotopic (exact) mass is 246 g/mol. The lowest BCUT2D eigenvalue weighted by Gasteiger charge is -2.20. The molecule has 0 aromatic heterocycles. The summed E-state index contributed by atoms with van der Waals surface area (Å²) in [5, 5.41) is 9.30. The molecule has 0 saturated heterocycles. The van der Waals surface area contributed by atoms with E-state index >= 15 is 0 Å². The van der Waals surface area contributed by atoms with E-state index < -0.39 is 0 Å². The molecular formula is C15H22N2O. The Hall–Kier alpha value is -1.19. The van der Waals surface area contributed by atoms with E-state index in [1.165, 1.54) is 11.1 Å². The summed E-state index contributed by atoms with van der Waals surface area (Å²) in [5.74, 6) is 0.482. The summed E-state index contributed by atoms with van der Waals surface area (Å²) in [6.07, 6.45) is 2.85. The van der Waals surface area contributed by atoms with Crippen molar-refractivity contribution in [1.82, 2.24) is 0 Å². The van der Waals surface area contributed by atoms with E-state index in [2.05, 4.69) is 29.3 Å². The molecule has 0 amide bonds. The van der Waals surface area contributed by atoms with Crippen LogP contribution in [0.5, 0.6) is 0 Å². The molecule has 0 radical (unpaired) electrons. The fourth-order valence-corrected chi connectivity index (χ4v) is 2.71. The molecule has 1 aromatic rings. The minimum absolute atomic E-state index is 0.0865. The van der Waals surface area contributed by atoms with Crippen molar-refractivity contribution in [3.05, 3.63) is 35.4 Å². The average Bonchev–Trinajstić information content (AvgIpc) is 2.81. The Morgan fingerprint density at radius 1 is 1.44 bits per heavy atom. The molecule has 3 heteroatoms. The number of aliphatic imine (C=N–C) groups is 1. The van der Waals surface area contributed by atoms with Gasteiger partial charge in [-0.3, -0.25) is 4.99 Å². The molecule has 2 rings (SSSR count). The van der Waals surface area contributed by atoms with Crippen molar-refractivity contribution in [2.45, 2.75) is 37.6 Å². The maximum absolute atomic E-state index is 9.30. The summed E-state index contributed by atoms with van der Waals surface area (Å²) >= 11 is 0. The number of aliphatic hydroxyl groups is 1. The highest BCUT2D eigenvalue weighted by Crippen LogP contribution is 2.39. The highest BCUT2D eigenvalue weighted by Gasteiger charge is 2.35. The van der Waals surface area contributed by atoms with Crippen molar-refractivity contribution in [1.29, 1.82) is 0 Å². The van der Waals surface area contributed by atoms with Gasteiger partial charge < -0.3 is 10.8 Å². The zero-order valence-electron chi connectivity index (χ0n) is 11.2. The number of aliphatic hydroxyl groups excluding tert-OH is 1. The summed E-state index contributed by atoms with van der Waals surface area (Å²) < 4.78 is 0. The number of benzene rings is 1. The molecule has 3 N–H and O–H groups in total. The van der Waals surface area contributed by atoms with Gasteiger partial charge in [0.25, 0.3) is 0 Å². The van der Waals surface area contributed by atoms with Crippen molar-refractivity contribution < 1.29 is 5.11 Å². The second-order valence-electron chi connectivity index (χ2n) is 5.39. The fourth-order valence-electron chi connectivity index (χ4n) is 2.71. The van der Waals surface area contributed by atoms with E-state index in [-0.39, 0.29) is 12.1 Å². The van der Waals surface area contributed by atoms with E-state index in [4.69, 9.17) is 5.73 Å². The molecular weight excluding hydrogens is 224 g/mol. The molecule has 3 nitrogen and oxygen atoms in total. The lowest BCUT2D eigenvalue weighted by atomic mass is 9.93. The van der Waals surface area contributed by atoms with Gasteiger partial charge >= 0.3 is 0 Å². The lowest BCUT2D eigenvalue weighted by molar-refractivity contribution is 0.198. The third kappa shape index (κ3) is 2.62. The van der Waals surface area contributed by atoms with E-state index in [9.17, 15) is 5.11 Å². The SMILES string of the molecule is C/N=C(\C)c1ccc(C2CCC(N)(CO)C2)cc1. The minimum Gasteiger partial charge on any atom is -0.394 e. The number of hydrogen-bond acceptors (Lipinski definition) is 3. The van der Waals surface area contributed by atoms with Crippen LogP contribution in [0.15, 0.2) is 29.3 Å². The second kappa shape index (κ2) is 5.21. The van der Waals surface area contributed by atoms with Gasteiger partial charge in [0.15, 0.2) is 0 Å². The number of rotatable bonds is 3. The molecule has 1 aromatic carbocycles. The predicted molar refractivity (Wildman–Crippen MR) is 75.2 cm³/mol. The summed E-state index contributed by atoms with van der Waals surface area (Å²) in [5.41, 5.74) is 9.29. The van der Waals surface area contributed by atoms with Gasteiger partial charge in [-0.25, -0.2) is 0 Å². The third-order valence-corrected chi connectivity index (χ3v) is 4.09. The largest absolute Gasteiger partial charge is 0.394 e. The van der Waals surface area contributed by atoms with Crippen molar-refractivity contribution in [3.63, 3.8) is 0 Å². The summed E-state index contributed by atoms with van der Waals surface area (Å²) in [6.45, 7) is 2.10. The smallest absolute Gasteiger partial charge is 0.0611 e. The molecule has 2 unspecified atom stereocenters. The summed E-state index contributed by atoms with van der Waals surface area (Å²) in [6, 6.07) is 8.57. The van der Waals surface area contributed by atoms with E-state index in [0.717, 1.165) is 25.0 Å². The number of nitrogens with zero attached hydrogens (tertiary/aromatic N) is 1. The summed E-state index contributed by atoms with van der Waals surface area (Å²) in [4.78, 5) is 4.19. The van der Waals surface area contributed by atoms with Crippen molar-refractivity contribution in [3.8, 4) is 0 Å². The zero-order valence-corrected chi connectivity index (χ0v) is 11.2. The molecule has 0 bridgehead atoms. The van der Waals surface area contributed by atoms with Gasteiger partial charge in [0.05, 0.1) is 6.61 Å². The Morgan fingerprint density at radius 2 is 2.11 bits per heavy atom. The van der Waals surface area contributed by atoms with Crippen LogP contribution in [0, 0.1) is 0 Å². The van der Waals surface area contributed by atoms with Gasteiger partial charge in [0.1, 0.15) is 0 Å². The molecule has 1 saturated carbocycles. The molecule has 0 aliphatic heterocycles. The molecule has 0 spiro atoms. The van der Waals surface area contributed by atoms with Crippen molar-refractivity contribution in [2.24, 2.45) is 10.7 Å². The van der Waals surface area contributed by atoms with Gasteiger partial charge in [0.2, 0.25) is 0 Å². The number of nitrogens with two attached hydrogens (primary N) is 1. The molecule has 1 aliphatic carbocycles. The number of hydrogen-bond donors (Lipinski definition) is 2. The Balaban J connectivity index is 2.12. The quantitative estimate of drug-likeness (QED) is 0.802. The van der Waals surface area contributed by atoms with Crippen LogP contribution in [0.25, 0.3) is 0 Å². The third-order valence-electron chi connectivity index (χ3n) is 4.09. The molecule has 98 valence electrons. The van der Waals surface area contributed by atoms with Crippen LogP contribution in [-0.2, 0) is 0 Å². The maximum Gasteiger partial charge on any atom is 0.0611 e. The molecule has 1 aliphatic rings. The first-order chi connectivity index (χ1) is 8.58. The van der Waals surface area contributed by atoms with Crippen LogP contribution in [0.2, 0.25) is 0 Å². The second-order valence-corrected chi connectivity index (χ2v) is 5.39. The van der Waals surface area contributed by atoms with E-state index in [1.54, 1.807) is 0 Å². The first-order valence-corrected chi connectivity index (χ1v) is 6.51. The first kappa shape index (κ1) is 13.2. The average molecular weight is 246 g/mol. The Bertz CT molecular complexity index is 438. The van der Waals surface area contributed by atoms with Crippen molar-refractivity contribution >= 4 is 5.71 Å². The van der Waals surface area contributed by atoms with Gasteiger partial charge in [-0.2, -0.15) is 0 Å². The lowest BCUT2D eigenvalue weighted by Crippen LogP contribution is -2.40. The topological polar surface area (TPSA) is 58.6 Å². The van der Waals surface area contributed by atoms with Crippen LogP contribution in [-0.4, -0.2) is 30.0 Å². The van der Waals surface area contributed by atoms with E-state index in [0.29, 0.717) is 5.92 Å². The van der Waals surface area contributed by atoms with Gasteiger partial charge in [0, 0.05) is 18.3 Å². The highest BCUT2D eigenvalue weighted by atomic mass is 16.3. The van der Waals surface area contributed by atoms with Gasteiger partial charge in [-0.1, -0.05) is 24.3 Å². The Labute approximate surface area is 109 Å². The van der Waals surface area contributed by atoms with Crippen LogP contribution >= 0.6 is 0 Å². The van der Waals surface area contributed by atoms with Crippen LogP contribution in [0.3, 0.4) is 0 Å². The van der Waals surface area contributed by atoms with Crippen LogP contribution in [0.4, 0.5) is 0 Å². The standard InChI is InChI=1S/C15H22N2O/c1-11(17-2)12-3-5-13(6-4-12)14-7-8-15(16,9-14)10-18/h3-6,14,18H,7-10,16H2,1-2H3/b17-11+. The fraction of sp³-hybridized carbons (Fsp3) is 0.533. The van der Waals surface area contributed by atoms with E-state index in [1.807, 2.05) is 14.0 Å². The molecule has 1 fully saturated rings. The minimum atomic E-state index is -0.371. The maximum atomic E-state index is 9.30. The van der Waals surface area contributed by atoms with Gasteiger partial charge in [-0.05, 0) is 43.2 Å². The normalized spacial score (nSPS) is 28.7. The molecule has 18 heavy (non-hydrogen) atoms. The summed E-state index contributed by atoms with van der Waals surface area (Å²) in [7, 11) is 1.81. The first-order valence-electron chi connectivity index (χ1n) is 6.51.